The van der Waals surface area contributed by atoms with E-state index in [1.54, 1.807) is 18.1 Å². The number of allylic oxidation sites excluding steroid dienone is 6. The zero-order valence-corrected chi connectivity index (χ0v) is 21.6. The third kappa shape index (κ3) is 4.05. The number of esters is 1. The van der Waals surface area contributed by atoms with Gasteiger partial charge in [-0.25, -0.2) is 0 Å². The molecule has 4 aliphatic carbocycles. The van der Waals surface area contributed by atoms with Gasteiger partial charge in [0.2, 0.25) is 0 Å². The van der Waals surface area contributed by atoms with Crippen LogP contribution in [0.5, 0.6) is 0 Å². The first-order valence-electron chi connectivity index (χ1n) is 13.3. The van der Waals surface area contributed by atoms with E-state index >= 15 is 0 Å². The molecule has 4 rings (SSSR count). The Balaban J connectivity index is 1.57. The molecule has 0 N–H and O–H groups in total. The Morgan fingerprint density at radius 1 is 1.09 bits per heavy atom. The van der Waals surface area contributed by atoms with Gasteiger partial charge in [-0.15, -0.1) is 0 Å². The Bertz CT molecular complexity index is 817. The summed E-state index contributed by atoms with van der Waals surface area (Å²) in [7, 11) is 0. The van der Waals surface area contributed by atoms with Gasteiger partial charge in [0.1, 0.15) is 6.10 Å². The second kappa shape index (κ2) is 8.80. The third-order valence-electron chi connectivity index (χ3n) is 10.3. The Labute approximate surface area is 197 Å². The summed E-state index contributed by atoms with van der Waals surface area (Å²) < 4.78 is 5.61. The quantitative estimate of drug-likeness (QED) is 0.322. The topological polar surface area (TPSA) is 26.3 Å². The SMILES string of the molecule is CC(=O)OC1CC[C@@]2(C)C(C=CC3=C4CC[C@H]([C@H](C)C=C[C@H](C)C(C)C)[C@@]4(C)CC[C@@H]32)C1. The molecule has 2 saturated carbocycles. The maximum absolute atomic E-state index is 11.5. The van der Waals surface area contributed by atoms with Gasteiger partial charge in [0, 0.05) is 6.92 Å². The molecule has 2 nitrogen and oxygen atoms in total. The number of ether oxygens (including phenoxy) is 1. The summed E-state index contributed by atoms with van der Waals surface area (Å²) in [5.74, 6) is 3.87. The lowest BCUT2D eigenvalue weighted by Crippen LogP contribution is -2.47. The van der Waals surface area contributed by atoms with Crippen molar-refractivity contribution in [2.75, 3.05) is 0 Å². The molecule has 0 bridgehead atoms. The smallest absolute Gasteiger partial charge is 0.302 e. The molecule has 2 unspecified atom stereocenters. The summed E-state index contributed by atoms with van der Waals surface area (Å²) in [6, 6.07) is 0. The molecule has 2 fully saturated rings. The summed E-state index contributed by atoms with van der Waals surface area (Å²) >= 11 is 0. The number of carbonyl (C=O) groups is 1. The fraction of sp³-hybridized carbons (Fsp3) is 0.767. The lowest BCUT2D eigenvalue weighted by Gasteiger charge is -2.54. The van der Waals surface area contributed by atoms with Gasteiger partial charge < -0.3 is 4.74 Å². The highest BCUT2D eigenvalue weighted by Crippen LogP contribution is 2.64. The Kier molecular flexibility index (Phi) is 6.56. The minimum Gasteiger partial charge on any atom is -0.463 e. The van der Waals surface area contributed by atoms with Crippen LogP contribution in [-0.2, 0) is 9.53 Å². The molecule has 0 saturated heterocycles. The van der Waals surface area contributed by atoms with E-state index in [1.807, 2.05) is 0 Å². The second-order valence-electron chi connectivity index (χ2n) is 12.4. The molecule has 0 aromatic rings. The molecule has 0 aliphatic heterocycles. The maximum Gasteiger partial charge on any atom is 0.302 e. The van der Waals surface area contributed by atoms with E-state index in [-0.39, 0.29) is 12.1 Å². The van der Waals surface area contributed by atoms with E-state index in [1.165, 1.54) is 32.1 Å². The average Bonchev–Trinajstić information content (AvgIpc) is 3.08. The maximum atomic E-state index is 11.5. The highest BCUT2D eigenvalue weighted by Gasteiger charge is 2.54. The minimum absolute atomic E-state index is 0.106. The van der Waals surface area contributed by atoms with Crippen molar-refractivity contribution in [1.29, 1.82) is 0 Å². The van der Waals surface area contributed by atoms with Gasteiger partial charge in [-0.3, -0.25) is 4.79 Å². The molecule has 0 spiro atoms. The van der Waals surface area contributed by atoms with Crippen LogP contribution in [-0.4, -0.2) is 12.1 Å². The van der Waals surface area contributed by atoms with Gasteiger partial charge in [0.15, 0.2) is 0 Å². The number of hydrogen-bond donors (Lipinski definition) is 0. The summed E-state index contributed by atoms with van der Waals surface area (Å²) in [5, 5.41) is 0. The van der Waals surface area contributed by atoms with E-state index in [2.05, 4.69) is 65.8 Å². The summed E-state index contributed by atoms with van der Waals surface area (Å²) in [5.41, 5.74) is 4.16. The standard InChI is InChI=1S/C30H46O2/c1-19(2)20(3)8-9-21(4)26-12-13-27-25-11-10-23-18-24(32-22(5)31)14-16-29(23,6)28(25)15-17-30(26,27)7/h8-11,19-21,23-24,26,28H,12-18H2,1-7H3/t20-,21+,23?,24?,26+,28-,29-,30+/m0/s1. The van der Waals surface area contributed by atoms with E-state index < -0.39 is 0 Å². The predicted molar refractivity (Wildman–Crippen MR) is 133 cm³/mol. The largest absolute Gasteiger partial charge is 0.463 e. The first-order chi connectivity index (χ1) is 15.1. The van der Waals surface area contributed by atoms with Crippen molar-refractivity contribution in [3.63, 3.8) is 0 Å². The number of hydrogen-bond acceptors (Lipinski definition) is 2. The molecule has 0 heterocycles. The predicted octanol–water partition coefficient (Wildman–Crippen LogP) is 7.90. The molecular formula is C30H46O2. The van der Waals surface area contributed by atoms with Crippen LogP contribution in [0.3, 0.4) is 0 Å². The fourth-order valence-corrected chi connectivity index (χ4v) is 7.82. The van der Waals surface area contributed by atoms with Crippen molar-refractivity contribution in [2.45, 2.75) is 99.5 Å². The van der Waals surface area contributed by atoms with E-state index in [0.29, 0.717) is 40.4 Å². The molecule has 32 heavy (non-hydrogen) atoms. The summed E-state index contributed by atoms with van der Waals surface area (Å²) in [6.45, 7) is 16.1. The highest BCUT2D eigenvalue weighted by atomic mass is 16.5. The molecular weight excluding hydrogens is 392 g/mol. The van der Waals surface area contributed by atoms with Crippen LogP contribution < -0.4 is 0 Å². The molecule has 2 heteroatoms. The van der Waals surface area contributed by atoms with Crippen LogP contribution in [0.2, 0.25) is 0 Å². The molecule has 0 radical (unpaired) electrons. The van der Waals surface area contributed by atoms with E-state index in [9.17, 15) is 4.79 Å². The Morgan fingerprint density at radius 2 is 1.84 bits per heavy atom. The molecule has 8 atom stereocenters. The van der Waals surface area contributed by atoms with Crippen molar-refractivity contribution in [3.8, 4) is 0 Å². The van der Waals surface area contributed by atoms with Crippen LogP contribution in [0.4, 0.5) is 0 Å². The third-order valence-corrected chi connectivity index (χ3v) is 10.3. The van der Waals surface area contributed by atoms with Crippen molar-refractivity contribution >= 4 is 5.97 Å². The van der Waals surface area contributed by atoms with Gasteiger partial charge in [0.05, 0.1) is 0 Å². The van der Waals surface area contributed by atoms with Crippen molar-refractivity contribution in [2.24, 2.45) is 46.3 Å². The summed E-state index contributed by atoms with van der Waals surface area (Å²) in [4.78, 5) is 11.5. The fourth-order valence-electron chi connectivity index (χ4n) is 7.82. The average molecular weight is 439 g/mol. The Hall–Kier alpha value is -1.31. The first-order valence-corrected chi connectivity index (χ1v) is 13.3. The molecule has 178 valence electrons. The van der Waals surface area contributed by atoms with Crippen LogP contribution >= 0.6 is 0 Å². The van der Waals surface area contributed by atoms with Gasteiger partial charge in [0.25, 0.3) is 0 Å². The van der Waals surface area contributed by atoms with E-state index in [0.717, 1.165) is 18.8 Å². The van der Waals surface area contributed by atoms with Crippen LogP contribution in [0, 0.1) is 46.3 Å². The lowest BCUT2D eigenvalue weighted by atomic mass is 9.50. The summed E-state index contributed by atoms with van der Waals surface area (Å²) in [6.07, 6.45) is 18.6. The highest BCUT2D eigenvalue weighted by molar-refractivity contribution is 5.66. The number of fused-ring (bicyclic) bond motifs is 4. The van der Waals surface area contributed by atoms with Crippen LogP contribution in [0.1, 0.15) is 93.4 Å². The second-order valence-corrected chi connectivity index (χ2v) is 12.4. The van der Waals surface area contributed by atoms with Gasteiger partial charge in [-0.05, 0) is 96.9 Å². The lowest BCUT2D eigenvalue weighted by molar-refractivity contribution is -0.150. The zero-order chi connectivity index (χ0) is 23.3. The molecule has 0 aromatic carbocycles. The molecule has 0 amide bonds. The van der Waals surface area contributed by atoms with Crippen molar-refractivity contribution in [1.82, 2.24) is 0 Å². The number of rotatable bonds is 5. The van der Waals surface area contributed by atoms with Crippen molar-refractivity contribution in [3.05, 3.63) is 35.5 Å². The molecule has 4 aliphatic rings. The Morgan fingerprint density at radius 3 is 2.53 bits per heavy atom. The van der Waals surface area contributed by atoms with Crippen LogP contribution in [0.15, 0.2) is 35.5 Å². The zero-order valence-electron chi connectivity index (χ0n) is 21.6. The van der Waals surface area contributed by atoms with Gasteiger partial charge in [-0.1, -0.05) is 71.4 Å². The van der Waals surface area contributed by atoms with Crippen molar-refractivity contribution < 1.29 is 9.53 Å². The van der Waals surface area contributed by atoms with Crippen LogP contribution in [0.25, 0.3) is 0 Å². The first kappa shape index (κ1) is 23.8. The van der Waals surface area contributed by atoms with Gasteiger partial charge in [-0.2, -0.15) is 0 Å². The minimum atomic E-state index is -0.127. The monoisotopic (exact) mass is 438 g/mol. The normalized spacial score (nSPS) is 40.8. The van der Waals surface area contributed by atoms with Gasteiger partial charge >= 0.3 is 5.97 Å². The number of carbonyl (C=O) groups excluding carboxylic acids is 1. The van der Waals surface area contributed by atoms with E-state index in [4.69, 9.17) is 4.74 Å². The molecule has 0 aromatic heterocycles.